The maximum absolute atomic E-state index is 15.2. The number of halogens is 6. The van der Waals surface area contributed by atoms with E-state index in [1.807, 2.05) is 0 Å². The number of nitrogens with zero attached hydrogens (tertiary/aromatic N) is 3. The molecule has 0 radical (unpaired) electrons. The van der Waals surface area contributed by atoms with Gasteiger partial charge in [-0.2, -0.15) is 13.2 Å². The van der Waals surface area contributed by atoms with E-state index < -0.39 is 49.2 Å². The molecule has 1 aliphatic rings. The molecule has 0 spiro atoms. The van der Waals surface area contributed by atoms with Crippen LogP contribution in [0, 0.1) is 23.6 Å². The number of benzene rings is 2. The summed E-state index contributed by atoms with van der Waals surface area (Å²) in [5, 5.41) is 7.94. The minimum Gasteiger partial charge on any atom is -0.494 e. The zero-order chi connectivity index (χ0) is 33.6. The van der Waals surface area contributed by atoms with Crippen LogP contribution in [0.5, 0.6) is 5.75 Å². The Morgan fingerprint density at radius 1 is 1.13 bits per heavy atom. The Morgan fingerprint density at radius 2 is 1.89 bits per heavy atom. The molecular formula is C31H34F6N6O3. The SMILES string of the molecule is CNC(=O)c1cc(NCC#Cc2cc(C(=O)N[C@@H]3[C@@H](C)CN(CCCF)C[C@@H]3F)c3ncn(CC(F)(F)F)c3c2)c(OC)cc1F. The average molecular weight is 653 g/mol. The summed E-state index contributed by atoms with van der Waals surface area (Å²) in [5.74, 6) is 3.22. The number of hydrogen-bond acceptors (Lipinski definition) is 6. The lowest BCUT2D eigenvalue weighted by atomic mass is 9.91. The highest BCUT2D eigenvalue weighted by atomic mass is 19.4. The second-order valence-electron chi connectivity index (χ2n) is 10.9. The van der Waals surface area contributed by atoms with Gasteiger partial charge in [-0.3, -0.25) is 18.9 Å². The van der Waals surface area contributed by atoms with E-state index in [1.54, 1.807) is 11.8 Å². The van der Waals surface area contributed by atoms with Crippen LogP contribution >= 0.6 is 0 Å². The van der Waals surface area contributed by atoms with Crippen LogP contribution < -0.4 is 20.7 Å². The Kier molecular flexibility index (Phi) is 11.0. The van der Waals surface area contributed by atoms with Crippen LogP contribution in [0.2, 0.25) is 0 Å². The van der Waals surface area contributed by atoms with E-state index in [0.29, 0.717) is 13.1 Å². The van der Waals surface area contributed by atoms with Gasteiger partial charge in [0.15, 0.2) is 0 Å². The fourth-order valence-corrected chi connectivity index (χ4v) is 5.42. The first-order chi connectivity index (χ1) is 21.8. The quantitative estimate of drug-likeness (QED) is 0.223. The lowest BCUT2D eigenvalue weighted by molar-refractivity contribution is -0.140. The molecule has 1 fully saturated rings. The van der Waals surface area contributed by atoms with Gasteiger partial charge in [-0.25, -0.2) is 13.8 Å². The van der Waals surface area contributed by atoms with Crippen LogP contribution in [-0.2, 0) is 6.54 Å². The maximum atomic E-state index is 15.2. The first-order valence-corrected chi connectivity index (χ1v) is 14.5. The van der Waals surface area contributed by atoms with E-state index in [9.17, 15) is 31.5 Å². The van der Waals surface area contributed by atoms with Crippen molar-refractivity contribution in [1.29, 1.82) is 0 Å². The molecule has 1 aromatic heterocycles. The van der Waals surface area contributed by atoms with Crippen LogP contribution in [0.1, 0.15) is 39.6 Å². The third kappa shape index (κ3) is 8.22. The summed E-state index contributed by atoms with van der Waals surface area (Å²) >= 11 is 0. The van der Waals surface area contributed by atoms with Gasteiger partial charge in [-0.1, -0.05) is 18.8 Å². The minimum atomic E-state index is -4.57. The van der Waals surface area contributed by atoms with Crippen molar-refractivity contribution in [2.75, 3.05) is 52.3 Å². The lowest BCUT2D eigenvalue weighted by Crippen LogP contribution is -2.57. The third-order valence-electron chi connectivity index (χ3n) is 7.57. The van der Waals surface area contributed by atoms with Crippen molar-refractivity contribution >= 4 is 28.5 Å². The number of amides is 2. The van der Waals surface area contributed by atoms with Crippen molar-refractivity contribution < 1.29 is 40.7 Å². The average Bonchev–Trinajstić information content (AvgIpc) is 3.40. The predicted molar refractivity (Wildman–Crippen MR) is 160 cm³/mol. The van der Waals surface area contributed by atoms with Crippen molar-refractivity contribution in [3.05, 3.63) is 53.1 Å². The Balaban J connectivity index is 1.61. The normalized spacial score (nSPS) is 18.5. The van der Waals surface area contributed by atoms with Crippen LogP contribution in [-0.4, -0.2) is 91.7 Å². The second-order valence-corrected chi connectivity index (χ2v) is 10.9. The minimum absolute atomic E-state index is 0.00328. The van der Waals surface area contributed by atoms with E-state index in [2.05, 4.69) is 32.8 Å². The summed E-state index contributed by atoms with van der Waals surface area (Å²) in [7, 11) is 2.67. The fourth-order valence-electron chi connectivity index (χ4n) is 5.42. The number of ether oxygens (including phenoxy) is 1. The highest BCUT2D eigenvalue weighted by Crippen LogP contribution is 2.29. The number of fused-ring (bicyclic) bond motifs is 1. The molecule has 9 nitrogen and oxygen atoms in total. The summed E-state index contributed by atoms with van der Waals surface area (Å²) in [4.78, 5) is 31.4. The Morgan fingerprint density at radius 3 is 2.54 bits per heavy atom. The van der Waals surface area contributed by atoms with E-state index in [0.717, 1.165) is 17.0 Å². The number of carbonyl (C=O) groups is 2. The van der Waals surface area contributed by atoms with Gasteiger partial charge in [0, 0.05) is 38.3 Å². The highest BCUT2D eigenvalue weighted by Gasteiger charge is 2.36. The maximum Gasteiger partial charge on any atom is 0.406 e. The summed E-state index contributed by atoms with van der Waals surface area (Å²) in [6.45, 7) is 0.650. The number of anilines is 1. The third-order valence-corrected chi connectivity index (χ3v) is 7.57. The topological polar surface area (TPSA) is 101 Å². The van der Waals surface area contributed by atoms with Crippen molar-refractivity contribution in [3.63, 3.8) is 0 Å². The monoisotopic (exact) mass is 652 g/mol. The van der Waals surface area contributed by atoms with Crippen molar-refractivity contribution in [2.45, 2.75) is 38.3 Å². The van der Waals surface area contributed by atoms with Gasteiger partial charge in [0.1, 0.15) is 29.8 Å². The van der Waals surface area contributed by atoms with Gasteiger partial charge in [0.05, 0.1) is 55.0 Å². The smallest absolute Gasteiger partial charge is 0.406 e. The Labute approximate surface area is 261 Å². The molecule has 1 aliphatic heterocycles. The number of carbonyl (C=O) groups excluding carboxylic acids is 2. The van der Waals surface area contributed by atoms with Crippen molar-refractivity contribution in [3.8, 4) is 17.6 Å². The molecule has 0 bridgehead atoms. The fraction of sp³-hybridized carbons (Fsp3) is 0.452. The highest BCUT2D eigenvalue weighted by molar-refractivity contribution is 6.05. The van der Waals surface area contributed by atoms with Crippen molar-refractivity contribution in [1.82, 2.24) is 25.1 Å². The van der Waals surface area contributed by atoms with Gasteiger partial charge in [-0.15, -0.1) is 0 Å². The van der Waals surface area contributed by atoms with Gasteiger partial charge in [0.25, 0.3) is 11.8 Å². The molecule has 2 aromatic carbocycles. The van der Waals surface area contributed by atoms with E-state index >= 15 is 4.39 Å². The predicted octanol–water partition coefficient (Wildman–Crippen LogP) is 4.32. The number of piperidine rings is 1. The number of likely N-dealkylation sites (tertiary alicyclic amines) is 1. The van der Waals surface area contributed by atoms with Crippen molar-refractivity contribution in [2.24, 2.45) is 5.92 Å². The Bertz CT molecular complexity index is 1620. The van der Waals surface area contributed by atoms with E-state index in [1.165, 1.54) is 32.4 Å². The van der Waals surface area contributed by atoms with Gasteiger partial charge < -0.3 is 25.3 Å². The van der Waals surface area contributed by atoms with E-state index in [4.69, 9.17) is 4.74 Å². The number of nitrogens with one attached hydrogen (secondary N) is 3. The number of alkyl halides is 5. The summed E-state index contributed by atoms with van der Waals surface area (Å²) < 4.78 is 88.1. The number of rotatable bonds is 10. The molecule has 0 unspecified atom stereocenters. The number of aromatic nitrogens is 2. The molecule has 3 N–H and O–H groups in total. The zero-order valence-electron chi connectivity index (χ0n) is 25.4. The second kappa shape index (κ2) is 14.8. The van der Waals surface area contributed by atoms with Crippen LogP contribution in [0.3, 0.4) is 0 Å². The summed E-state index contributed by atoms with van der Waals surface area (Å²) in [5.41, 5.74) is 0.140. The zero-order valence-corrected chi connectivity index (χ0v) is 25.4. The summed E-state index contributed by atoms with van der Waals surface area (Å²) in [6.07, 6.45) is -4.78. The molecule has 3 aromatic rings. The standard InChI is InChI=1S/C31H34F6N6O3/c1-18-14-42(9-5-7-32)15-23(34)27(18)41-30(45)21-10-19(11-25-28(21)40-17-43(25)16-31(35,36)37)6-4-8-39-24-12-20(29(44)38-2)22(33)13-26(24)46-3/h10-13,17-18,23,27,39H,5,7-9,14-16H2,1-3H3,(H,38,44)(H,41,45)/t18-,23-,27+/m0/s1. The van der Waals surface area contributed by atoms with Crippen LogP contribution in [0.4, 0.5) is 32.0 Å². The number of methoxy groups -OCH3 is 1. The largest absolute Gasteiger partial charge is 0.494 e. The van der Waals surface area contributed by atoms with Gasteiger partial charge in [-0.05, 0) is 30.5 Å². The molecule has 1 saturated heterocycles. The molecule has 3 atom stereocenters. The molecule has 248 valence electrons. The first kappa shape index (κ1) is 34.4. The first-order valence-electron chi connectivity index (χ1n) is 14.5. The van der Waals surface area contributed by atoms with Gasteiger partial charge in [0.2, 0.25) is 0 Å². The molecule has 0 aliphatic carbocycles. The molecule has 46 heavy (non-hydrogen) atoms. The van der Waals surface area contributed by atoms with E-state index in [-0.39, 0.29) is 64.6 Å². The lowest BCUT2D eigenvalue weighted by Gasteiger charge is -2.39. The van der Waals surface area contributed by atoms with Gasteiger partial charge >= 0.3 is 6.18 Å². The molecule has 15 heteroatoms. The number of hydrogen-bond donors (Lipinski definition) is 3. The number of imidazole rings is 1. The Hall–Kier alpha value is -4.45. The summed E-state index contributed by atoms with van der Waals surface area (Å²) in [6, 6.07) is 4.14. The molecule has 2 heterocycles. The molecule has 2 amide bonds. The van der Waals surface area contributed by atoms with Crippen LogP contribution in [0.15, 0.2) is 30.6 Å². The molecule has 0 saturated carbocycles. The molecule has 4 rings (SSSR count). The van der Waals surface area contributed by atoms with Crippen LogP contribution in [0.25, 0.3) is 11.0 Å². The molecular weight excluding hydrogens is 618 g/mol.